The van der Waals surface area contributed by atoms with E-state index < -0.39 is 0 Å². The third-order valence-electron chi connectivity index (χ3n) is 1.52. The molecule has 0 nitrogen and oxygen atoms in total. The van der Waals surface area contributed by atoms with Gasteiger partial charge >= 0.3 is 65.2 Å². The molecule has 0 aliphatic heterocycles. The molecule has 0 heterocycles. The molecule has 0 aromatic rings. The van der Waals surface area contributed by atoms with Gasteiger partial charge in [-0.1, -0.05) is 0 Å². The van der Waals surface area contributed by atoms with Crippen LogP contribution in [0.5, 0.6) is 0 Å². The molecule has 1 aliphatic carbocycles. The minimum atomic E-state index is 0. The Morgan fingerprint density at radius 1 is 1.30 bits per heavy atom. The van der Waals surface area contributed by atoms with Crippen LogP contribution in [0.1, 0.15) is 20.3 Å². The van der Waals surface area contributed by atoms with Crippen LogP contribution in [-0.2, 0) is 24.4 Å². The van der Waals surface area contributed by atoms with Gasteiger partial charge in [0.15, 0.2) is 0 Å². The molecule has 57 valence electrons. The molecule has 0 N–H and O–H groups in total. The Kier molecular flexibility index (Phi) is 7.52. The average Bonchev–Trinajstić information content (AvgIpc) is 1.85. The topological polar surface area (TPSA) is 0 Å². The molecule has 0 aromatic carbocycles. The van der Waals surface area contributed by atoms with Gasteiger partial charge in [-0.3, -0.25) is 0 Å². The molecule has 0 saturated heterocycles. The third-order valence-corrected chi connectivity index (χ3v) is 2.67. The van der Waals surface area contributed by atoms with Crippen molar-refractivity contribution in [2.75, 3.05) is 0 Å². The fourth-order valence-electron chi connectivity index (χ4n) is 0.861. The van der Waals surface area contributed by atoms with E-state index in [9.17, 15) is 0 Å². The zero-order valence-electron chi connectivity index (χ0n) is 6.10. The fourth-order valence-corrected chi connectivity index (χ4v) is 2.59. The summed E-state index contributed by atoms with van der Waals surface area (Å²) < 4.78 is 1.64. The molecule has 0 bridgehead atoms. The van der Waals surface area contributed by atoms with Crippen molar-refractivity contribution in [1.29, 1.82) is 0 Å². The second-order valence-electron chi connectivity index (χ2n) is 2.31. The Morgan fingerprint density at radius 2 is 1.80 bits per heavy atom. The first kappa shape index (κ1) is 13.5. The number of rotatable bonds is 0. The van der Waals surface area contributed by atoms with E-state index in [0.717, 1.165) is 0 Å². The van der Waals surface area contributed by atoms with E-state index in [-0.39, 0.29) is 24.8 Å². The van der Waals surface area contributed by atoms with Gasteiger partial charge in [-0.2, -0.15) is 0 Å². The summed E-state index contributed by atoms with van der Waals surface area (Å²) in [5.74, 6) is 0. The maximum absolute atomic E-state index is 2.32. The van der Waals surface area contributed by atoms with Crippen molar-refractivity contribution in [2.24, 2.45) is 0 Å². The van der Waals surface area contributed by atoms with Crippen LogP contribution in [0.3, 0.4) is 0 Å². The van der Waals surface area contributed by atoms with Crippen LogP contribution >= 0.6 is 24.8 Å². The first-order chi connectivity index (χ1) is 3.70. The Bertz CT molecular complexity index is 170. The van der Waals surface area contributed by atoms with E-state index in [1.165, 1.54) is 36.4 Å². The van der Waals surface area contributed by atoms with Gasteiger partial charge in [0.2, 0.25) is 0 Å². The average molecular weight is 345 g/mol. The van der Waals surface area contributed by atoms with Crippen molar-refractivity contribution in [3.63, 3.8) is 0 Å². The van der Waals surface area contributed by atoms with Crippen molar-refractivity contribution in [3.8, 4) is 0 Å². The predicted molar refractivity (Wildman–Crippen MR) is 45.6 cm³/mol. The predicted octanol–water partition coefficient (Wildman–Crippen LogP) is 3.00. The Balaban J connectivity index is 0. The summed E-state index contributed by atoms with van der Waals surface area (Å²) in [4.78, 5) is 0. The van der Waals surface area contributed by atoms with Gasteiger partial charge in [0.05, 0.1) is 0 Å². The van der Waals surface area contributed by atoms with Crippen molar-refractivity contribution >= 4 is 24.8 Å². The molecule has 0 amide bonds. The zero-order valence-corrected chi connectivity index (χ0v) is 11.3. The van der Waals surface area contributed by atoms with Gasteiger partial charge in [-0.05, 0) is 0 Å². The van der Waals surface area contributed by atoms with Crippen molar-refractivity contribution < 1.29 is 24.4 Å². The van der Waals surface area contributed by atoms with E-state index in [2.05, 4.69) is 19.9 Å². The van der Waals surface area contributed by atoms with Crippen LogP contribution in [0.15, 0.2) is 20.6 Å². The second-order valence-corrected chi connectivity index (χ2v) is 4.62. The molecule has 0 unspecified atom stereocenters. The summed E-state index contributed by atoms with van der Waals surface area (Å²) in [6.45, 7) is 4.41. The SMILES string of the molecule is CC1=C(C)C[C]([Hf])=C1.Cl.Cl. The Morgan fingerprint density at radius 3 is 1.90 bits per heavy atom. The van der Waals surface area contributed by atoms with Crippen LogP contribution in [0.25, 0.3) is 0 Å². The smallest absolute Gasteiger partial charge is 0.147 e. The van der Waals surface area contributed by atoms with Crippen LogP contribution in [0.2, 0.25) is 0 Å². The van der Waals surface area contributed by atoms with Crippen molar-refractivity contribution in [2.45, 2.75) is 20.3 Å². The summed E-state index contributed by atoms with van der Waals surface area (Å²) >= 11 is 1.25. The van der Waals surface area contributed by atoms with E-state index >= 15 is 0 Å². The standard InChI is InChI=1S/C7H9.2ClH.Hf/c1-6-4-3-5-7(6)2;;;/h4H,5H2,1-2H3;2*1H;. The Hall–Kier alpha value is 0.930. The third kappa shape index (κ3) is 3.36. The van der Waals surface area contributed by atoms with Crippen LogP contribution in [-0.4, -0.2) is 0 Å². The summed E-state index contributed by atoms with van der Waals surface area (Å²) in [5, 5.41) is 0. The van der Waals surface area contributed by atoms with E-state index in [4.69, 9.17) is 0 Å². The molecule has 3 heteroatoms. The van der Waals surface area contributed by atoms with E-state index in [1.54, 1.807) is 8.90 Å². The summed E-state index contributed by atoms with van der Waals surface area (Å²) in [6.07, 6.45) is 3.58. The monoisotopic (exact) mass is 345 g/mol. The van der Waals surface area contributed by atoms with E-state index in [1.807, 2.05) is 0 Å². The molecule has 0 spiro atoms. The minimum Gasteiger partial charge on any atom is -0.147 e. The maximum atomic E-state index is 2.32. The van der Waals surface area contributed by atoms with Crippen molar-refractivity contribution in [3.05, 3.63) is 20.6 Å². The normalized spacial score (nSPS) is 15.5. The summed E-state index contributed by atoms with van der Waals surface area (Å²) in [5.41, 5.74) is 3.06. The maximum Gasteiger partial charge on any atom is -0.147 e. The first-order valence-corrected chi connectivity index (χ1v) is 4.58. The minimum absolute atomic E-state index is 0. The zero-order chi connectivity index (χ0) is 6.15. The molecular formula is C7H11Cl2Hf. The molecule has 0 radical (unpaired) electrons. The van der Waals surface area contributed by atoms with E-state index in [0.29, 0.717) is 0 Å². The largest absolute Gasteiger partial charge is 0.147 e. The van der Waals surface area contributed by atoms with Gasteiger partial charge in [-0.15, -0.1) is 24.8 Å². The summed E-state index contributed by atoms with van der Waals surface area (Å²) in [6, 6.07) is 0. The van der Waals surface area contributed by atoms with Crippen LogP contribution in [0, 0.1) is 0 Å². The van der Waals surface area contributed by atoms with Crippen molar-refractivity contribution in [1.82, 2.24) is 0 Å². The number of halogens is 2. The molecule has 0 saturated carbocycles. The molecular weight excluding hydrogens is 333 g/mol. The number of hydrogen-bond acceptors (Lipinski definition) is 0. The second kappa shape index (κ2) is 5.56. The molecule has 1 aliphatic rings. The fraction of sp³-hybridized carbons (Fsp3) is 0.429. The molecule has 0 atom stereocenters. The van der Waals surface area contributed by atoms with Crippen LogP contribution < -0.4 is 0 Å². The van der Waals surface area contributed by atoms with Gasteiger partial charge in [-0.25, -0.2) is 0 Å². The first-order valence-electron chi connectivity index (χ1n) is 2.78. The van der Waals surface area contributed by atoms with Gasteiger partial charge in [0.25, 0.3) is 0 Å². The number of hydrogen-bond donors (Lipinski definition) is 0. The molecule has 10 heavy (non-hydrogen) atoms. The molecule has 0 aromatic heterocycles. The van der Waals surface area contributed by atoms with Gasteiger partial charge < -0.3 is 0 Å². The molecule has 1 rings (SSSR count). The van der Waals surface area contributed by atoms with Crippen LogP contribution in [0.4, 0.5) is 0 Å². The quantitative estimate of drug-likeness (QED) is 0.593. The number of allylic oxidation sites excluding steroid dienone is 4. The van der Waals surface area contributed by atoms with Gasteiger partial charge in [0.1, 0.15) is 0 Å². The van der Waals surface area contributed by atoms with Gasteiger partial charge in [0, 0.05) is 0 Å². The summed E-state index contributed by atoms with van der Waals surface area (Å²) in [7, 11) is 0. The molecule has 0 fully saturated rings. The Labute approximate surface area is 89.5 Å².